The molecule has 1 aliphatic heterocycles. The predicted molar refractivity (Wildman–Crippen MR) is 133 cm³/mol. The molecule has 0 saturated carbocycles. The Kier molecular flexibility index (Phi) is 11.7. The molecular weight excluding hydrogens is 698 g/mol. The Bertz CT molecular complexity index is 1520. The van der Waals surface area contributed by atoms with Crippen LogP contribution in [0.5, 0.6) is 0 Å². The van der Waals surface area contributed by atoms with Gasteiger partial charge in [0.15, 0.2) is 22.7 Å². The van der Waals surface area contributed by atoms with Crippen molar-refractivity contribution in [2.24, 2.45) is 0 Å². The molecule has 26 nitrogen and oxygen atoms in total. The number of hydrogen-bond acceptors (Lipinski definition) is 16. The van der Waals surface area contributed by atoms with E-state index in [-0.39, 0.29) is 22.5 Å². The molecule has 2 aromatic heterocycles. The number of phosphoric acid groups is 4. The third-order valence-electron chi connectivity index (χ3n) is 5.15. The van der Waals surface area contributed by atoms with E-state index in [4.69, 9.17) is 44.3 Å². The summed E-state index contributed by atoms with van der Waals surface area (Å²) in [7, 11) is -22.6. The molecule has 1 saturated heterocycles. The van der Waals surface area contributed by atoms with Crippen molar-refractivity contribution < 1.29 is 100 Å². The summed E-state index contributed by atoms with van der Waals surface area (Å²) in [5.41, 5.74) is -1.73. The number of aromatic nitrogens is 4. The minimum absolute atomic E-state index is 0.0146. The fourth-order valence-electron chi connectivity index (χ4n) is 3.63. The highest BCUT2D eigenvalue weighted by Crippen LogP contribution is 2.69. The molecule has 2 unspecified atom stereocenters. The topological polar surface area (TPSA) is 409 Å². The van der Waals surface area contributed by atoms with E-state index in [1.54, 1.807) is 6.92 Å². The van der Waals surface area contributed by atoms with Gasteiger partial charge in [0.1, 0.15) is 24.6 Å². The molecule has 0 radical (unpaired) electrons. The fourth-order valence-corrected chi connectivity index (χ4v) is 7.60. The first-order valence-corrected chi connectivity index (χ1v) is 17.0. The van der Waals surface area contributed by atoms with E-state index in [0.29, 0.717) is 0 Å². The molecular formula is C14H23N5O21P4. The van der Waals surface area contributed by atoms with Crippen LogP contribution < -0.4 is 4.90 Å². The predicted octanol–water partition coefficient (Wildman–Crippen LogP) is -1.41. The van der Waals surface area contributed by atoms with Crippen LogP contribution in [-0.2, 0) is 41.7 Å². The largest absolute Gasteiger partial charge is 0.490 e. The van der Waals surface area contributed by atoms with E-state index in [1.165, 1.54) is 10.9 Å². The minimum atomic E-state index is -5.77. The third-order valence-corrected chi connectivity index (χ3v) is 10.2. The van der Waals surface area contributed by atoms with Crippen molar-refractivity contribution in [3.8, 4) is 0 Å². The summed E-state index contributed by atoms with van der Waals surface area (Å²) < 4.78 is 57.8. The summed E-state index contributed by atoms with van der Waals surface area (Å²) in [5.74, 6) is -0.489. The highest BCUT2D eigenvalue weighted by molar-refractivity contribution is 7.69. The average Bonchev–Trinajstić information content (AvgIpc) is 3.35. The summed E-state index contributed by atoms with van der Waals surface area (Å²) in [5, 5.41) is 48.3. The zero-order chi connectivity index (χ0) is 34.1. The van der Waals surface area contributed by atoms with Crippen LogP contribution in [0.15, 0.2) is 12.7 Å². The number of fused-ring (bicyclic) bond motifs is 1. The van der Waals surface area contributed by atoms with Gasteiger partial charge in [-0.2, -0.15) is 17.8 Å². The molecule has 0 spiro atoms. The zero-order valence-corrected chi connectivity index (χ0v) is 24.9. The Balaban J connectivity index is 0.000000345. The number of rotatable bonds is 10. The second-order valence-electron chi connectivity index (χ2n) is 8.02. The van der Waals surface area contributed by atoms with Crippen LogP contribution in [0.3, 0.4) is 0 Å². The molecule has 250 valence electrons. The smallest absolute Gasteiger partial charge is 0.464 e. The van der Waals surface area contributed by atoms with Gasteiger partial charge in [0.05, 0.1) is 12.9 Å². The van der Waals surface area contributed by atoms with Crippen molar-refractivity contribution in [3.63, 3.8) is 0 Å². The third kappa shape index (κ3) is 9.13. The van der Waals surface area contributed by atoms with Crippen molar-refractivity contribution in [2.75, 3.05) is 11.5 Å². The van der Waals surface area contributed by atoms with Crippen LogP contribution in [0.25, 0.3) is 11.2 Å². The molecule has 0 bridgehead atoms. The molecule has 1 aliphatic rings. The van der Waals surface area contributed by atoms with Crippen molar-refractivity contribution in [1.82, 2.24) is 19.5 Å². The van der Waals surface area contributed by atoms with Gasteiger partial charge in [-0.1, -0.05) is 6.92 Å². The van der Waals surface area contributed by atoms with Crippen molar-refractivity contribution in [3.05, 3.63) is 12.7 Å². The summed E-state index contributed by atoms with van der Waals surface area (Å²) in [6, 6.07) is 0. The van der Waals surface area contributed by atoms with E-state index in [2.05, 4.69) is 27.9 Å². The Hall–Kier alpha value is -2.31. The van der Waals surface area contributed by atoms with Gasteiger partial charge < -0.3 is 59.6 Å². The Labute approximate surface area is 242 Å². The molecule has 1 fully saturated rings. The molecule has 2 amide bonds. The molecule has 11 N–H and O–H groups in total. The summed E-state index contributed by atoms with van der Waals surface area (Å²) in [6.07, 6.45) is -5.22. The number of aliphatic hydroxyl groups is 3. The van der Waals surface area contributed by atoms with Gasteiger partial charge in [-0.15, -0.1) is 0 Å². The first kappa shape index (κ1) is 37.9. The molecule has 6 atom stereocenters. The Morgan fingerprint density at radius 3 is 1.82 bits per heavy atom. The average molecular weight is 721 g/mol. The van der Waals surface area contributed by atoms with Crippen molar-refractivity contribution >= 4 is 60.5 Å². The number of aliphatic hydroxyl groups excluding tert-OH is 3. The van der Waals surface area contributed by atoms with Crippen LogP contribution in [-0.4, -0.2) is 112 Å². The maximum absolute atomic E-state index is 11.3. The van der Waals surface area contributed by atoms with Crippen LogP contribution in [0.4, 0.5) is 15.4 Å². The van der Waals surface area contributed by atoms with E-state index in [1.807, 2.05) is 0 Å². The molecule has 44 heavy (non-hydrogen) atoms. The zero-order valence-electron chi connectivity index (χ0n) is 21.3. The number of imidazole rings is 1. The monoisotopic (exact) mass is 721 g/mol. The molecule has 3 rings (SSSR count). The first-order valence-electron chi connectivity index (χ1n) is 10.9. The van der Waals surface area contributed by atoms with Crippen LogP contribution >= 0.6 is 31.3 Å². The Morgan fingerprint density at radius 2 is 1.43 bits per heavy atom. The number of amides is 2. The van der Waals surface area contributed by atoms with Gasteiger partial charge in [-0.25, -0.2) is 42.8 Å². The second-order valence-corrected chi connectivity index (χ2v) is 13.8. The maximum Gasteiger partial charge on any atom is 0.490 e. The number of ether oxygens (including phenoxy) is 1. The van der Waals surface area contributed by atoms with E-state index < -0.39 is 79.9 Å². The summed E-state index contributed by atoms with van der Waals surface area (Å²) >= 11 is 0. The number of anilines is 1. The standard InChI is InChI=1S/C14H17N5O8.H6O13P4/c1-2-14(9(22)8(21)6(3-20)27-14)18-5-17-7-10(18)15-4-16-11(7)19(12(23)24)13(25)26;1-14(2,3)11-16(7,8)13-17(9,10)12-15(4,5)6/h4-6,8-9,20-22H,2-3H2,1H3,(H,23,24)(H,25,26);(H,7,8)(H,9,10)(H2,1,2,3)(H2,4,5,6)/t6-,8-,9-,14-;/m1./s1. The van der Waals surface area contributed by atoms with Gasteiger partial charge in [-0.05, 0) is 6.42 Å². The normalized spacial score (nSPS) is 25.0. The van der Waals surface area contributed by atoms with Gasteiger partial charge >= 0.3 is 43.5 Å². The number of carboxylic acid groups (broad SMARTS) is 2. The lowest BCUT2D eigenvalue weighted by Gasteiger charge is -2.32. The highest BCUT2D eigenvalue weighted by Gasteiger charge is 2.55. The number of carbonyl (C=O) groups is 2. The van der Waals surface area contributed by atoms with Gasteiger partial charge in [0, 0.05) is 0 Å². The van der Waals surface area contributed by atoms with Crippen LogP contribution in [0, 0.1) is 0 Å². The lowest BCUT2D eigenvalue weighted by Crippen LogP contribution is -2.45. The van der Waals surface area contributed by atoms with Crippen LogP contribution in [0.1, 0.15) is 13.3 Å². The van der Waals surface area contributed by atoms with E-state index in [0.717, 1.165) is 6.33 Å². The fraction of sp³-hybridized carbons (Fsp3) is 0.500. The molecule has 30 heteroatoms. The van der Waals surface area contributed by atoms with E-state index in [9.17, 15) is 43.2 Å². The quantitative estimate of drug-likeness (QED) is 0.125. The van der Waals surface area contributed by atoms with Crippen molar-refractivity contribution in [2.45, 2.75) is 37.4 Å². The van der Waals surface area contributed by atoms with Gasteiger partial charge in [0.25, 0.3) is 0 Å². The minimum Gasteiger partial charge on any atom is -0.464 e. The molecule has 3 heterocycles. The Morgan fingerprint density at radius 1 is 0.932 bits per heavy atom. The van der Waals surface area contributed by atoms with Gasteiger partial charge in [-0.3, -0.25) is 4.57 Å². The lowest BCUT2D eigenvalue weighted by atomic mass is 10.00. The maximum atomic E-state index is 11.3. The molecule has 2 aromatic rings. The lowest BCUT2D eigenvalue weighted by molar-refractivity contribution is -0.147. The second kappa shape index (κ2) is 13.6. The SMILES string of the molecule is CC[C@@]1(n2cnc3c(N(C(=O)O)C(=O)O)ncnc32)O[C@H](CO)[C@@H](O)[C@H]1O.O=P(O)(O)OP(=O)(O)OP(=O)(O)OP(=O)(O)O. The summed E-state index contributed by atoms with van der Waals surface area (Å²) in [6.45, 7) is 1.11. The molecule has 0 aliphatic carbocycles. The first-order chi connectivity index (χ1) is 19.9. The summed E-state index contributed by atoms with van der Waals surface area (Å²) in [4.78, 5) is 83.6. The number of hydrogen-bond donors (Lipinski definition) is 11. The number of imide groups is 1. The van der Waals surface area contributed by atoms with Crippen molar-refractivity contribution in [1.29, 1.82) is 0 Å². The molecule has 0 aromatic carbocycles. The highest BCUT2D eigenvalue weighted by atomic mass is 31.3. The van der Waals surface area contributed by atoms with Crippen LogP contribution in [0.2, 0.25) is 0 Å². The number of nitrogens with zero attached hydrogens (tertiary/aromatic N) is 5. The van der Waals surface area contributed by atoms with E-state index >= 15 is 0 Å². The van der Waals surface area contributed by atoms with Gasteiger partial charge in [0.2, 0.25) is 0 Å².